The SMILES string of the molecule is CCc1c2nc(c(CC)c3c(C)c(C)c(c(CC)c4nc(c(CC)c5ccc1[nH]5)C=C4C)n3C)C=C2. The van der Waals surface area contributed by atoms with Gasteiger partial charge >= 0.3 is 0 Å². The summed E-state index contributed by atoms with van der Waals surface area (Å²) in [6.07, 6.45) is 10.4. The molecule has 3 aromatic rings. The first-order valence-electron chi connectivity index (χ1n) is 13.4. The topological polar surface area (TPSA) is 46.5 Å². The quantitative estimate of drug-likeness (QED) is 0.324. The summed E-state index contributed by atoms with van der Waals surface area (Å²) in [4.78, 5) is 14.2. The second-order valence-electron chi connectivity index (χ2n) is 10.0. The Morgan fingerprint density at radius 2 is 1.17 bits per heavy atom. The van der Waals surface area contributed by atoms with E-state index in [1.807, 2.05) is 0 Å². The number of nitrogens with zero attached hydrogens (tertiary/aromatic N) is 3. The maximum Gasteiger partial charge on any atom is 0.0719 e. The predicted molar refractivity (Wildman–Crippen MR) is 155 cm³/mol. The van der Waals surface area contributed by atoms with E-state index < -0.39 is 0 Å². The summed E-state index contributed by atoms with van der Waals surface area (Å²) >= 11 is 0. The van der Waals surface area contributed by atoms with Crippen LogP contribution in [0.2, 0.25) is 0 Å². The van der Waals surface area contributed by atoms with Crippen molar-refractivity contribution in [1.82, 2.24) is 19.5 Å². The van der Waals surface area contributed by atoms with Crippen LogP contribution in [0.4, 0.5) is 0 Å². The van der Waals surface area contributed by atoms with Gasteiger partial charge in [-0.15, -0.1) is 0 Å². The van der Waals surface area contributed by atoms with Gasteiger partial charge in [0.2, 0.25) is 0 Å². The number of hydrogen-bond donors (Lipinski definition) is 1. The van der Waals surface area contributed by atoms with Gasteiger partial charge in [0.15, 0.2) is 0 Å². The molecule has 0 saturated carbocycles. The fourth-order valence-electron chi connectivity index (χ4n) is 6.18. The summed E-state index contributed by atoms with van der Waals surface area (Å²) in [6, 6.07) is 4.41. The number of allylic oxidation sites excluding steroid dienone is 1. The molecule has 4 heteroatoms. The average molecular weight is 479 g/mol. The third kappa shape index (κ3) is 3.57. The first-order valence-corrected chi connectivity index (χ1v) is 13.4. The lowest BCUT2D eigenvalue weighted by Crippen LogP contribution is -1.99. The fourth-order valence-corrected chi connectivity index (χ4v) is 6.18. The maximum atomic E-state index is 5.28. The largest absolute Gasteiger partial charge is 0.355 e. The van der Waals surface area contributed by atoms with Gasteiger partial charge in [0.1, 0.15) is 0 Å². The van der Waals surface area contributed by atoms with Crippen LogP contribution < -0.4 is 0 Å². The van der Waals surface area contributed by atoms with Gasteiger partial charge < -0.3 is 9.55 Å². The van der Waals surface area contributed by atoms with E-state index in [1.54, 1.807) is 0 Å². The highest BCUT2D eigenvalue weighted by atomic mass is 15.0. The minimum Gasteiger partial charge on any atom is -0.355 e. The zero-order valence-corrected chi connectivity index (χ0v) is 23.1. The molecule has 5 heterocycles. The molecule has 8 bridgehead atoms. The standard InChI is InChI=1S/C32H38N4/c1-9-21-25-13-14-27(33-25)22(10-2)29-17-18(5)30(35-29)24(12-4)32-20(7)19(6)31(36(32)8)23(11-3)28-16-15-26(21)34-28/h13-17,33H,9-12H2,1-8H3. The van der Waals surface area contributed by atoms with Crippen LogP contribution in [0.15, 0.2) is 12.1 Å². The van der Waals surface area contributed by atoms with Crippen LogP contribution in [0.1, 0.15) is 90.8 Å². The van der Waals surface area contributed by atoms with Crippen molar-refractivity contribution in [2.75, 3.05) is 0 Å². The summed E-state index contributed by atoms with van der Waals surface area (Å²) in [6.45, 7) is 15.7. The van der Waals surface area contributed by atoms with Crippen LogP contribution in [0, 0.1) is 13.8 Å². The average Bonchev–Trinajstić information content (AvgIpc) is 3.64. The Labute approximate surface area is 214 Å². The molecule has 0 spiro atoms. The number of hydrogen-bond acceptors (Lipinski definition) is 2. The van der Waals surface area contributed by atoms with Crippen molar-refractivity contribution in [2.45, 2.75) is 74.1 Å². The Hall–Kier alpha value is -3.40. The molecule has 0 amide bonds. The smallest absolute Gasteiger partial charge is 0.0719 e. The van der Waals surface area contributed by atoms with E-state index in [-0.39, 0.29) is 0 Å². The zero-order chi connectivity index (χ0) is 25.7. The minimum absolute atomic E-state index is 0.915. The van der Waals surface area contributed by atoms with Crippen molar-refractivity contribution in [1.29, 1.82) is 0 Å². The molecule has 0 atom stereocenters. The lowest BCUT2D eigenvalue weighted by molar-refractivity contribution is 0.964. The molecule has 5 rings (SSSR count). The van der Waals surface area contributed by atoms with Crippen molar-refractivity contribution in [3.63, 3.8) is 0 Å². The minimum atomic E-state index is 0.915. The fraction of sp³-hybridized carbons (Fsp3) is 0.375. The van der Waals surface area contributed by atoms with Gasteiger partial charge in [0.25, 0.3) is 0 Å². The number of nitrogens with one attached hydrogen (secondary N) is 1. The molecule has 36 heavy (non-hydrogen) atoms. The van der Waals surface area contributed by atoms with Crippen molar-refractivity contribution < 1.29 is 0 Å². The van der Waals surface area contributed by atoms with Gasteiger partial charge in [0, 0.05) is 51.4 Å². The first-order chi connectivity index (χ1) is 17.3. The number of aromatic amines is 1. The summed E-state index contributed by atoms with van der Waals surface area (Å²) < 4.78 is 2.40. The molecule has 0 saturated heterocycles. The summed E-state index contributed by atoms with van der Waals surface area (Å²) in [5.41, 5.74) is 18.3. The molecule has 3 aromatic heterocycles. The van der Waals surface area contributed by atoms with Crippen molar-refractivity contribution in [3.05, 3.63) is 68.3 Å². The van der Waals surface area contributed by atoms with Gasteiger partial charge in [0.05, 0.1) is 22.8 Å². The van der Waals surface area contributed by atoms with Gasteiger partial charge in [-0.1, -0.05) is 27.7 Å². The molecule has 1 N–H and O–H groups in total. The number of rotatable bonds is 4. The molecule has 186 valence electrons. The van der Waals surface area contributed by atoms with Crippen LogP contribution in [-0.2, 0) is 32.7 Å². The highest BCUT2D eigenvalue weighted by Crippen LogP contribution is 2.34. The molecule has 0 aromatic carbocycles. The molecule has 2 aliphatic heterocycles. The number of fused-ring (bicyclic) bond motifs is 8. The van der Waals surface area contributed by atoms with Crippen molar-refractivity contribution in [2.24, 2.45) is 7.05 Å². The third-order valence-electron chi connectivity index (χ3n) is 8.08. The maximum absolute atomic E-state index is 5.28. The lowest BCUT2D eigenvalue weighted by atomic mass is 10.0. The molecular weight excluding hydrogens is 440 g/mol. The normalized spacial score (nSPS) is 12.9. The Balaban J connectivity index is 2.10. The van der Waals surface area contributed by atoms with E-state index >= 15 is 0 Å². The van der Waals surface area contributed by atoms with E-state index in [0.29, 0.717) is 0 Å². The monoisotopic (exact) mass is 478 g/mol. The highest BCUT2D eigenvalue weighted by molar-refractivity contribution is 5.89. The molecule has 2 aliphatic rings. The zero-order valence-electron chi connectivity index (χ0n) is 23.1. The number of aryl methyl sites for hydroxylation is 7. The Morgan fingerprint density at radius 3 is 1.72 bits per heavy atom. The van der Waals surface area contributed by atoms with Crippen LogP contribution in [0.25, 0.3) is 45.9 Å². The van der Waals surface area contributed by atoms with Crippen LogP contribution in [-0.4, -0.2) is 19.5 Å². The Kier molecular flexibility index (Phi) is 6.23. The Morgan fingerprint density at radius 1 is 0.667 bits per heavy atom. The van der Waals surface area contributed by atoms with Crippen molar-refractivity contribution >= 4 is 45.9 Å². The highest BCUT2D eigenvalue weighted by Gasteiger charge is 2.20. The van der Waals surface area contributed by atoms with Crippen molar-refractivity contribution in [3.8, 4) is 0 Å². The number of aromatic nitrogens is 4. The molecule has 0 radical (unpaired) electrons. The van der Waals surface area contributed by atoms with E-state index in [1.165, 1.54) is 50.0 Å². The van der Waals surface area contributed by atoms with Gasteiger partial charge in [-0.3, -0.25) is 0 Å². The number of H-pyrrole nitrogens is 1. The molecule has 0 aliphatic carbocycles. The summed E-state index contributed by atoms with van der Waals surface area (Å²) in [7, 11) is 2.22. The predicted octanol–water partition coefficient (Wildman–Crippen LogP) is 7.92. The molecule has 0 unspecified atom stereocenters. The lowest BCUT2D eigenvalue weighted by Gasteiger charge is -2.08. The molecule has 0 fully saturated rings. The van der Waals surface area contributed by atoms with Crippen LogP contribution >= 0.6 is 0 Å². The second-order valence-corrected chi connectivity index (χ2v) is 10.0. The van der Waals surface area contributed by atoms with Gasteiger partial charge in [-0.05, 0) is 93.5 Å². The van der Waals surface area contributed by atoms with E-state index in [9.17, 15) is 0 Å². The van der Waals surface area contributed by atoms with Gasteiger partial charge in [-0.25, -0.2) is 9.97 Å². The Bertz CT molecular complexity index is 1610. The first kappa shape index (κ1) is 24.3. The van der Waals surface area contributed by atoms with E-state index in [0.717, 1.165) is 59.5 Å². The second kappa shape index (κ2) is 9.24. The van der Waals surface area contributed by atoms with E-state index in [2.05, 4.69) is 95.4 Å². The van der Waals surface area contributed by atoms with Gasteiger partial charge in [-0.2, -0.15) is 0 Å². The third-order valence-corrected chi connectivity index (χ3v) is 8.08. The van der Waals surface area contributed by atoms with E-state index in [4.69, 9.17) is 9.97 Å². The van der Waals surface area contributed by atoms with Crippen LogP contribution in [0.5, 0.6) is 0 Å². The molecule has 4 nitrogen and oxygen atoms in total. The van der Waals surface area contributed by atoms with Crippen LogP contribution in [0.3, 0.4) is 0 Å². The summed E-state index contributed by atoms with van der Waals surface area (Å²) in [5, 5.41) is 0. The summed E-state index contributed by atoms with van der Waals surface area (Å²) in [5.74, 6) is 0. The molecular formula is C32H38N4.